The van der Waals surface area contributed by atoms with Gasteiger partial charge in [0.1, 0.15) is 24.0 Å². The number of nitrogens with zero attached hydrogens (tertiary/aromatic N) is 4. The van der Waals surface area contributed by atoms with E-state index in [1.165, 1.54) is 11.8 Å². The lowest BCUT2D eigenvalue weighted by atomic mass is 10.1. The van der Waals surface area contributed by atoms with Crippen molar-refractivity contribution in [1.82, 2.24) is 20.2 Å². The predicted molar refractivity (Wildman–Crippen MR) is 122 cm³/mol. The molecule has 2 aromatic carbocycles. The number of furan rings is 1. The molecule has 0 bridgehead atoms. The number of ether oxygens (including phenoxy) is 3. The van der Waals surface area contributed by atoms with E-state index < -0.39 is 18.3 Å². The van der Waals surface area contributed by atoms with Crippen molar-refractivity contribution in [3.63, 3.8) is 0 Å². The molecule has 174 valence electrons. The van der Waals surface area contributed by atoms with Crippen molar-refractivity contribution in [3.8, 4) is 0 Å². The number of hydrogen-bond acceptors (Lipinski definition) is 9. The smallest absolute Gasteiger partial charge is 0.412 e. The molecule has 4 atom stereocenters. The Morgan fingerprint density at radius 2 is 1.97 bits per heavy atom. The summed E-state index contributed by atoms with van der Waals surface area (Å²) in [6.45, 7) is 0.602. The number of anilines is 1. The quantitative estimate of drug-likeness (QED) is 0.414. The normalized spacial score (nSPS) is 23.8. The number of carbonyl (C=O) groups is 1. The first-order valence-electron chi connectivity index (χ1n) is 10.9. The first-order chi connectivity index (χ1) is 16.8. The second-order valence-corrected chi connectivity index (χ2v) is 8.98. The first-order valence-corrected chi connectivity index (χ1v) is 11.9. The summed E-state index contributed by atoms with van der Waals surface area (Å²) >= 11 is 1.47. The van der Waals surface area contributed by atoms with Gasteiger partial charge in [0.05, 0.1) is 30.9 Å². The van der Waals surface area contributed by atoms with Gasteiger partial charge in [-0.2, -0.15) is 0 Å². The minimum Gasteiger partial charge on any atom is -0.468 e. The fourth-order valence-electron chi connectivity index (χ4n) is 4.39. The number of aromatic nitrogens is 4. The summed E-state index contributed by atoms with van der Waals surface area (Å²) in [7, 11) is 0. The summed E-state index contributed by atoms with van der Waals surface area (Å²) < 4.78 is 24.7. The molecule has 6 rings (SSSR count). The van der Waals surface area contributed by atoms with Crippen LogP contribution in [0, 0.1) is 0 Å². The number of fused-ring (bicyclic) bond motifs is 2. The highest BCUT2D eigenvalue weighted by molar-refractivity contribution is 7.98. The maximum atomic E-state index is 12.7. The molecule has 2 aliphatic rings. The fourth-order valence-corrected chi connectivity index (χ4v) is 5.22. The van der Waals surface area contributed by atoms with E-state index in [2.05, 4.69) is 20.8 Å². The summed E-state index contributed by atoms with van der Waals surface area (Å²) in [5.74, 6) is 1.44. The molecule has 4 heterocycles. The van der Waals surface area contributed by atoms with Crippen molar-refractivity contribution >= 4 is 34.3 Å². The Labute approximate surface area is 198 Å². The summed E-state index contributed by atoms with van der Waals surface area (Å²) in [6.07, 6.45) is -0.148. The zero-order chi connectivity index (χ0) is 22.9. The largest absolute Gasteiger partial charge is 0.468 e. The van der Waals surface area contributed by atoms with E-state index in [4.69, 9.17) is 18.6 Å². The van der Waals surface area contributed by atoms with Crippen LogP contribution in [-0.2, 0) is 20.0 Å². The van der Waals surface area contributed by atoms with E-state index in [-0.39, 0.29) is 18.8 Å². The molecule has 1 amide bonds. The highest BCUT2D eigenvalue weighted by Gasteiger charge is 2.51. The van der Waals surface area contributed by atoms with Crippen LogP contribution >= 0.6 is 11.8 Å². The number of nitrogens with one attached hydrogen (secondary N) is 1. The highest BCUT2D eigenvalue weighted by Crippen LogP contribution is 2.37. The summed E-state index contributed by atoms with van der Waals surface area (Å²) in [5, 5.41) is 17.6. The minimum atomic E-state index is -0.547. The van der Waals surface area contributed by atoms with Gasteiger partial charge in [-0.3, -0.25) is 5.32 Å². The molecular weight excluding hydrogens is 458 g/mol. The lowest BCUT2D eigenvalue weighted by Crippen LogP contribution is -2.35. The Hall–Kier alpha value is -3.41. The third kappa shape index (κ3) is 4.02. The van der Waals surface area contributed by atoms with E-state index in [0.717, 1.165) is 16.5 Å². The molecule has 0 radical (unpaired) electrons. The summed E-state index contributed by atoms with van der Waals surface area (Å²) in [4.78, 5) is 12.7. The van der Waals surface area contributed by atoms with Crippen molar-refractivity contribution < 1.29 is 23.4 Å². The van der Waals surface area contributed by atoms with E-state index in [9.17, 15) is 4.79 Å². The van der Waals surface area contributed by atoms with Gasteiger partial charge in [0.25, 0.3) is 0 Å². The van der Waals surface area contributed by atoms with E-state index in [1.54, 1.807) is 10.9 Å². The third-order valence-corrected chi connectivity index (χ3v) is 6.92. The molecule has 2 aromatic heterocycles. The highest BCUT2D eigenvalue weighted by atomic mass is 32.2. The number of amides is 1. The zero-order valence-electron chi connectivity index (χ0n) is 17.9. The maximum absolute atomic E-state index is 12.7. The van der Waals surface area contributed by atoms with Gasteiger partial charge in [-0.05, 0) is 34.0 Å². The minimum absolute atomic E-state index is 0.214. The van der Waals surface area contributed by atoms with Gasteiger partial charge in [0.2, 0.25) is 5.16 Å². The van der Waals surface area contributed by atoms with Crippen molar-refractivity contribution in [3.05, 3.63) is 66.6 Å². The third-order valence-electron chi connectivity index (χ3n) is 5.97. The number of thioether (sulfide) groups is 1. The molecule has 0 aliphatic carbocycles. The molecule has 4 unspecified atom stereocenters. The van der Waals surface area contributed by atoms with Crippen LogP contribution in [-0.4, -0.2) is 57.8 Å². The van der Waals surface area contributed by atoms with Crippen LogP contribution in [0.4, 0.5) is 10.5 Å². The molecule has 2 aliphatic heterocycles. The predicted octanol–water partition coefficient (Wildman–Crippen LogP) is 3.67. The molecule has 34 heavy (non-hydrogen) atoms. The van der Waals surface area contributed by atoms with E-state index >= 15 is 0 Å². The summed E-state index contributed by atoms with van der Waals surface area (Å²) in [6, 6.07) is 17.1. The van der Waals surface area contributed by atoms with Gasteiger partial charge in [-0.25, -0.2) is 9.48 Å². The van der Waals surface area contributed by atoms with Gasteiger partial charge >= 0.3 is 6.09 Å². The van der Waals surface area contributed by atoms with Gasteiger partial charge < -0.3 is 18.6 Å². The van der Waals surface area contributed by atoms with Gasteiger partial charge in [-0.15, -0.1) is 5.10 Å². The Bertz CT molecular complexity index is 1290. The Morgan fingerprint density at radius 3 is 2.88 bits per heavy atom. The molecular formula is C23H21N5O5S. The molecule has 0 saturated carbocycles. The van der Waals surface area contributed by atoms with Crippen molar-refractivity contribution in [2.75, 3.05) is 18.5 Å². The van der Waals surface area contributed by atoms with Crippen LogP contribution in [0.2, 0.25) is 0 Å². The van der Waals surface area contributed by atoms with Crippen LogP contribution in [0.1, 0.15) is 11.8 Å². The average Bonchev–Trinajstić information content (AvgIpc) is 3.64. The van der Waals surface area contributed by atoms with Crippen LogP contribution in [0.3, 0.4) is 0 Å². The number of carbonyl (C=O) groups excluding carboxylic acids is 1. The molecule has 11 heteroatoms. The maximum Gasteiger partial charge on any atom is 0.412 e. The SMILES string of the molecule is O=C(Nc1cccc2ccccc12)OC1COC2C1OCC2n1nnnc1SCc1ccco1. The molecule has 4 aromatic rings. The number of tetrazole rings is 1. The van der Waals surface area contributed by atoms with Gasteiger partial charge in [0.15, 0.2) is 6.10 Å². The monoisotopic (exact) mass is 479 g/mol. The number of hydrogen-bond donors (Lipinski definition) is 1. The Kier molecular flexibility index (Phi) is 5.65. The van der Waals surface area contributed by atoms with Crippen molar-refractivity contribution in [2.45, 2.75) is 35.3 Å². The topological polar surface area (TPSA) is 114 Å². The zero-order valence-corrected chi connectivity index (χ0v) is 18.8. The van der Waals surface area contributed by atoms with E-state index in [1.807, 2.05) is 54.6 Å². The van der Waals surface area contributed by atoms with Crippen molar-refractivity contribution in [2.24, 2.45) is 0 Å². The van der Waals surface area contributed by atoms with Crippen LogP contribution in [0.15, 0.2) is 70.4 Å². The second kappa shape index (κ2) is 9.09. The lowest BCUT2D eigenvalue weighted by Gasteiger charge is -2.18. The standard InChI is InChI=1S/C23H21N5O5S/c29-23(24-17-9-3-6-14-5-1-2-8-16(14)17)33-19-12-32-20-18(11-31-21(19)20)28-22(25-26-27-28)34-13-15-7-4-10-30-15/h1-10,18-21H,11-13H2,(H,24,29). The van der Waals surface area contributed by atoms with Crippen LogP contribution < -0.4 is 5.32 Å². The van der Waals surface area contributed by atoms with Crippen LogP contribution in [0.25, 0.3) is 10.8 Å². The fraction of sp³-hybridized carbons (Fsp3) is 0.304. The Morgan fingerprint density at radius 1 is 1.09 bits per heavy atom. The molecule has 2 saturated heterocycles. The molecule has 1 N–H and O–H groups in total. The first kappa shape index (κ1) is 21.1. The number of rotatable bonds is 6. The summed E-state index contributed by atoms with van der Waals surface area (Å²) in [5.41, 5.74) is 0.690. The lowest BCUT2D eigenvalue weighted by molar-refractivity contribution is 0.00752. The molecule has 0 spiro atoms. The van der Waals surface area contributed by atoms with Crippen molar-refractivity contribution in [1.29, 1.82) is 0 Å². The molecule has 10 nitrogen and oxygen atoms in total. The van der Waals surface area contributed by atoms with Crippen LogP contribution in [0.5, 0.6) is 0 Å². The second-order valence-electron chi connectivity index (χ2n) is 8.03. The Balaban J connectivity index is 1.10. The number of benzene rings is 2. The van der Waals surface area contributed by atoms with Gasteiger partial charge in [-0.1, -0.05) is 48.2 Å². The molecule has 2 fully saturated rings. The van der Waals surface area contributed by atoms with E-state index in [0.29, 0.717) is 23.2 Å². The average molecular weight is 480 g/mol. The van der Waals surface area contributed by atoms with Gasteiger partial charge in [0, 0.05) is 5.39 Å².